The lowest BCUT2D eigenvalue weighted by Crippen LogP contribution is -2.51. The van der Waals surface area contributed by atoms with Crippen LogP contribution in [-0.4, -0.2) is 58.2 Å². The van der Waals surface area contributed by atoms with Crippen LogP contribution in [0, 0.1) is 0 Å². The Labute approximate surface area is 110 Å². The van der Waals surface area contributed by atoms with E-state index in [0.717, 1.165) is 0 Å². The molecule has 0 aliphatic carbocycles. The number of esters is 1. The first-order chi connectivity index (χ1) is 8.90. The Kier molecular flexibility index (Phi) is 3.48. The normalized spacial score (nSPS) is 25.1. The van der Waals surface area contributed by atoms with Crippen LogP contribution in [0.25, 0.3) is 0 Å². The molecule has 1 aromatic rings. The number of carbonyl (C=O) groups excluding carboxylic acids is 1. The van der Waals surface area contributed by atoms with E-state index in [9.17, 15) is 15.0 Å². The highest BCUT2D eigenvalue weighted by atomic mass is 16.5. The highest BCUT2D eigenvalue weighted by Gasteiger charge is 2.38. The van der Waals surface area contributed by atoms with Crippen LogP contribution in [0.4, 0.5) is 5.82 Å². The zero-order valence-electron chi connectivity index (χ0n) is 11.3. The fourth-order valence-corrected chi connectivity index (χ4v) is 2.18. The zero-order chi connectivity index (χ0) is 14.3. The van der Waals surface area contributed by atoms with Crippen LogP contribution in [0.15, 0.2) is 6.33 Å². The Morgan fingerprint density at radius 1 is 1.47 bits per heavy atom. The first-order valence-corrected chi connectivity index (χ1v) is 5.85. The van der Waals surface area contributed by atoms with E-state index < -0.39 is 24.6 Å². The lowest BCUT2D eigenvalue weighted by molar-refractivity contribution is -0.144. The molecule has 2 heterocycles. The van der Waals surface area contributed by atoms with Crippen LogP contribution < -0.4 is 4.90 Å². The van der Waals surface area contributed by atoms with E-state index >= 15 is 0 Å². The molecular weight excluding hydrogens is 252 g/mol. The van der Waals surface area contributed by atoms with Gasteiger partial charge in [-0.15, -0.1) is 0 Å². The van der Waals surface area contributed by atoms with Gasteiger partial charge in [0.25, 0.3) is 0 Å². The molecule has 2 rings (SSSR count). The second-order valence-electron chi connectivity index (χ2n) is 4.56. The number of aliphatic hydroxyl groups is 2. The number of nitrogens with zero attached hydrogens (tertiary/aromatic N) is 4. The van der Waals surface area contributed by atoms with Gasteiger partial charge in [0.2, 0.25) is 0 Å². The lowest BCUT2D eigenvalue weighted by Gasteiger charge is -2.40. The Hall–Kier alpha value is -1.64. The number of fused-ring (bicyclic) bond motifs is 1. The summed E-state index contributed by atoms with van der Waals surface area (Å²) in [6, 6.07) is -0.604. The topological polar surface area (TPSA) is 91.1 Å². The standard InChI is InChI=1S/C11H18N4O4/c1-6(10(17)19-4)15-5-12-8-7(15)9(16)14(3)11(18)13(8)2/h5-6,9,11,16,18H,1-4H3/t6-,9-,11-/m0/s1. The number of methoxy groups -OCH3 is 1. The van der Waals surface area contributed by atoms with Crippen molar-refractivity contribution in [3.63, 3.8) is 0 Å². The van der Waals surface area contributed by atoms with Crippen molar-refractivity contribution in [3.05, 3.63) is 12.0 Å². The lowest BCUT2D eigenvalue weighted by atomic mass is 10.2. The van der Waals surface area contributed by atoms with E-state index in [0.29, 0.717) is 11.5 Å². The second kappa shape index (κ2) is 4.80. The molecule has 2 N–H and O–H groups in total. The van der Waals surface area contributed by atoms with Crippen molar-refractivity contribution in [1.82, 2.24) is 14.5 Å². The zero-order valence-corrected chi connectivity index (χ0v) is 11.3. The Morgan fingerprint density at radius 3 is 2.68 bits per heavy atom. The highest BCUT2D eigenvalue weighted by Crippen LogP contribution is 2.35. The number of hydrogen-bond donors (Lipinski definition) is 2. The van der Waals surface area contributed by atoms with Gasteiger partial charge in [0, 0.05) is 7.05 Å². The van der Waals surface area contributed by atoms with Crippen LogP contribution in [0.1, 0.15) is 24.9 Å². The molecule has 0 saturated carbocycles. The van der Waals surface area contributed by atoms with Gasteiger partial charge in [-0.25, -0.2) is 14.7 Å². The summed E-state index contributed by atoms with van der Waals surface area (Å²) in [6.07, 6.45) is -0.562. The van der Waals surface area contributed by atoms with Gasteiger partial charge in [-0.3, -0.25) is 0 Å². The van der Waals surface area contributed by atoms with Gasteiger partial charge in [-0.1, -0.05) is 0 Å². The Balaban J connectivity index is 2.47. The third-order valence-electron chi connectivity index (χ3n) is 3.45. The number of aromatic nitrogens is 2. The minimum atomic E-state index is -1.05. The molecular formula is C11H18N4O4. The van der Waals surface area contributed by atoms with E-state index in [4.69, 9.17) is 4.74 Å². The quantitative estimate of drug-likeness (QED) is 0.684. The molecule has 0 fully saturated rings. The molecule has 1 aliphatic rings. The minimum absolute atomic E-state index is 0.427. The average molecular weight is 270 g/mol. The van der Waals surface area contributed by atoms with Crippen molar-refractivity contribution in [3.8, 4) is 0 Å². The third-order valence-corrected chi connectivity index (χ3v) is 3.45. The molecule has 106 valence electrons. The highest BCUT2D eigenvalue weighted by molar-refractivity contribution is 5.74. The van der Waals surface area contributed by atoms with E-state index in [-0.39, 0.29) is 0 Å². The number of carbonyl (C=O) groups is 1. The summed E-state index contributed by atoms with van der Waals surface area (Å²) < 4.78 is 6.24. The fourth-order valence-electron chi connectivity index (χ4n) is 2.18. The fraction of sp³-hybridized carbons (Fsp3) is 0.636. The molecule has 3 atom stereocenters. The molecule has 0 radical (unpaired) electrons. The second-order valence-corrected chi connectivity index (χ2v) is 4.56. The predicted octanol–water partition coefficient (Wildman–Crippen LogP) is -0.735. The number of rotatable bonds is 2. The molecule has 0 amide bonds. The van der Waals surface area contributed by atoms with Crippen LogP contribution >= 0.6 is 0 Å². The van der Waals surface area contributed by atoms with Gasteiger partial charge < -0.3 is 24.4 Å². The van der Waals surface area contributed by atoms with Crippen molar-refractivity contribution >= 4 is 11.8 Å². The third kappa shape index (κ3) is 1.97. The largest absolute Gasteiger partial charge is 0.467 e. The molecule has 0 spiro atoms. The molecule has 8 heteroatoms. The van der Waals surface area contributed by atoms with Crippen molar-refractivity contribution in [2.45, 2.75) is 25.5 Å². The number of hydrogen-bond acceptors (Lipinski definition) is 7. The van der Waals surface area contributed by atoms with E-state index in [1.54, 1.807) is 25.6 Å². The van der Waals surface area contributed by atoms with Gasteiger partial charge >= 0.3 is 5.97 Å². The number of aliphatic hydroxyl groups excluding tert-OH is 2. The summed E-state index contributed by atoms with van der Waals surface area (Å²) in [5, 5.41) is 20.1. The van der Waals surface area contributed by atoms with Crippen molar-refractivity contribution in [1.29, 1.82) is 0 Å². The van der Waals surface area contributed by atoms with Crippen LogP contribution in [0.2, 0.25) is 0 Å². The van der Waals surface area contributed by atoms with Crippen LogP contribution in [0.3, 0.4) is 0 Å². The number of anilines is 1. The molecule has 0 unspecified atom stereocenters. The summed E-state index contributed by atoms with van der Waals surface area (Å²) in [6.45, 7) is 1.66. The maximum absolute atomic E-state index is 11.6. The van der Waals surface area contributed by atoms with Crippen molar-refractivity contribution < 1.29 is 19.7 Å². The van der Waals surface area contributed by atoms with Crippen molar-refractivity contribution in [2.75, 3.05) is 26.1 Å². The molecule has 19 heavy (non-hydrogen) atoms. The summed E-state index contributed by atoms with van der Waals surface area (Å²) in [7, 11) is 4.54. The van der Waals surface area contributed by atoms with E-state index in [2.05, 4.69) is 4.98 Å². The van der Waals surface area contributed by atoms with Gasteiger partial charge in [0.15, 0.2) is 18.4 Å². The molecule has 1 aromatic heterocycles. The molecule has 1 aliphatic heterocycles. The molecule has 0 aromatic carbocycles. The SMILES string of the molecule is COC(=O)[C@H](C)n1cnc2c1[C@H](O)N(C)[C@@H](O)N2C. The maximum atomic E-state index is 11.6. The number of ether oxygens (including phenoxy) is 1. The smallest absolute Gasteiger partial charge is 0.328 e. The van der Waals surface area contributed by atoms with Gasteiger partial charge in [0.1, 0.15) is 11.7 Å². The molecule has 8 nitrogen and oxygen atoms in total. The van der Waals surface area contributed by atoms with Crippen molar-refractivity contribution in [2.24, 2.45) is 0 Å². The summed E-state index contributed by atoms with van der Waals surface area (Å²) in [5.41, 5.74) is 0.452. The van der Waals surface area contributed by atoms with E-state index in [1.807, 2.05) is 0 Å². The Morgan fingerprint density at radius 2 is 2.11 bits per heavy atom. The van der Waals surface area contributed by atoms with Gasteiger partial charge in [0.05, 0.1) is 13.4 Å². The van der Waals surface area contributed by atoms with Crippen LogP contribution in [-0.2, 0) is 9.53 Å². The first-order valence-electron chi connectivity index (χ1n) is 5.85. The molecule has 0 bridgehead atoms. The summed E-state index contributed by atoms with van der Waals surface area (Å²) in [5.74, 6) is 0.0117. The monoisotopic (exact) mass is 270 g/mol. The van der Waals surface area contributed by atoms with Gasteiger partial charge in [-0.05, 0) is 14.0 Å². The van der Waals surface area contributed by atoms with E-state index in [1.165, 1.54) is 23.2 Å². The van der Waals surface area contributed by atoms with Gasteiger partial charge in [-0.2, -0.15) is 0 Å². The minimum Gasteiger partial charge on any atom is -0.467 e. The first kappa shape index (κ1) is 13.8. The van der Waals surface area contributed by atoms with Crippen LogP contribution in [0.5, 0.6) is 0 Å². The maximum Gasteiger partial charge on any atom is 0.328 e. The number of imidazole rings is 1. The Bertz CT molecular complexity index is 489. The average Bonchev–Trinajstić information content (AvgIpc) is 2.85. The summed E-state index contributed by atoms with van der Waals surface area (Å²) >= 11 is 0. The summed E-state index contributed by atoms with van der Waals surface area (Å²) in [4.78, 5) is 18.6. The molecule has 0 saturated heterocycles. The predicted molar refractivity (Wildman–Crippen MR) is 66.1 cm³/mol.